The summed E-state index contributed by atoms with van der Waals surface area (Å²) in [5.74, 6) is -1.09. The standard InChI is InChI=1S/C30H28F2N6O2S/c1-36-17-28(34-18-36)41(40)38(24-8-9-24)25-5-2-20-12-27-19(16-35-37(27)23-6-3-21(31)4-7-23)14-30(20,15-25)29(39)26-13-22(32)10-11-33-26/h3-4,6-7,10-13,16-18,24-25H,2,5,8-9,14-15H2,1H3. The van der Waals surface area contributed by atoms with Crippen molar-refractivity contribution in [3.05, 3.63) is 95.5 Å². The Labute approximate surface area is 238 Å². The molecule has 3 heterocycles. The topological polar surface area (TPSA) is 85.9 Å². The molecule has 4 aromatic rings. The van der Waals surface area contributed by atoms with Gasteiger partial charge in [-0.25, -0.2) is 27.0 Å². The predicted octanol–water partition coefficient (Wildman–Crippen LogP) is 4.83. The summed E-state index contributed by atoms with van der Waals surface area (Å²) in [6.45, 7) is 0. The fourth-order valence-electron chi connectivity index (χ4n) is 6.35. The maximum absolute atomic E-state index is 14.4. The first-order chi connectivity index (χ1) is 19.8. The van der Waals surface area contributed by atoms with Crippen molar-refractivity contribution in [3.8, 4) is 5.69 Å². The van der Waals surface area contributed by atoms with Gasteiger partial charge in [0.2, 0.25) is 0 Å². The van der Waals surface area contributed by atoms with Crippen LogP contribution in [0.15, 0.2) is 71.9 Å². The van der Waals surface area contributed by atoms with Gasteiger partial charge in [0.05, 0.1) is 29.3 Å². The summed E-state index contributed by atoms with van der Waals surface area (Å²) in [6.07, 6.45) is 12.5. The van der Waals surface area contributed by atoms with Gasteiger partial charge in [0.25, 0.3) is 0 Å². The minimum atomic E-state index is -1.48. The van der Waals surface area contributed by atoms with Crippen molar-refractivity contribution in [2.24, 2.45) is 12.5 Å². The predicted molar refractivity (Wildman–Crippen MR) is 148 cm³/mol. The molecule has 0 N–H and O–H groups in total. The summed E-state index contributed by atoms with van der Waals surface area (Å²) < 4.78 is 47.3. The van der Waals surface area contributed by atoms with E-state index in [1.54, 1.807) is 40.1 Å². The van der Waals surface area contributed by atoms with Gasteiger partial charge in [-0.1, -0.05) is 5.57 Å². The monoisotopic (exact) mass is 574 g/mol. The van der Waals surface area contributed by atoms with Crippen LogP contribution in [0.2, 0.25) is 0 Å². The maximum Gasteiger partial charge on any atom is 0.191 e. The third kappa shape index (κ3) is 4.57. The number of halogens is 2. The number of hydrogen-bond acceptors (Lipinski definition) is 5. The number of hydrogen-bond donors (Lipinski definition) is 0. The fraction of sp³-hybridized carbons (Fsp3) is 0.333. The molecule has 7 rings (SSSR count). The van der Waals surface area contributed by atoms with Crippen LogP contribution in [0.4, 0.5) is 8.78 Å². The molecule has 8 nitrogen and oxygen atoms in total. The zero-order valence-corrected chi connectivity index (χ0v) is 23.2. The molecule has 3 aromatic heterocycles. The van der Waals surface area contributed by atoms with E-state index in [1.807, 2.05) is 17.4 Å². The number of aromatic nitrogens is 5. The first kappa shape index (κ1) is 26.1. The maximum atomic E-state index is 14.4. The Morgan fingerprint density at radius 1 is 1.07 bits per heavy atom. The Morgan fingerprint density at radius 3 is 2.59 bits per heavy atom. The SMILES string of the molecule is Cn1cnc(S(=O)N(C2CC2)C2CCC3=Cc4c(cnn4-c4ccc(F)cc4)CC3(C(=O)c3cc(F)ccn3)C2)c1. The van der Waals surface area contributed by atoms with E-state index in [9.17, 15) is 17.8 Å². The largest absolute Gasteiger partial charge is 0.339 e. The number of ketones is 1. The number of benzene rings is 1. The lowest BCUT2D eigenvalue weighted by Gasteiger charge is -2.46. The number of fused-ring (bicyclic) bond motifs is 2. The highest BCUT2D eigenvalue weighted by Crippen LogP contribution is 2.52. The number of Topliss-reactive ketones (excluding diaryl/α,β-unsaturated/α-hetero) is 1. The number of pyridine rings is 1. The number of carbonyl (C=O) groups excluding carboxylic acids is 1. The highest BCUT2D eigenvalue weighted by molar-refractivity contribution is 7.82. The lowest BCUT2D eigenvalue weighted by atomic mass is 9.60. The van der Waals surface area contributed by atoms with Gasteiger partial charge in [-0.05, 0) is 80.5 Å². The number of imidazole rings is 1. The van der Waals surface area contributed by atoms with Gasteiger partial charge in [-0.3, -0.25) is 9.78 Å². The number of rotatable bonds is 7. The molecule has 0 saturated heterocycles. The Kier molecular flexibility index (Phi) is 6.31. The average molecular weight is 575 g/mol. The summed E-state index contributed by atoms with van der Waals surface area (Å²) in [5.41, 5.74) is 2.45. The second-order valence-corrected chi connectivity index (χ2v) is 12.5. The lowest BCUT2D eigenvalue weighted by molar-refractivity contribution is 0.0736. The highest BCUT2D eigenvalue weighted by atomic mass is 32.2. The van der Waals surface area contributed by atoms with E-state index in [1.165, 1.54) is 30.5 Å². The van der Waals surface area contributed by atoms with E-state index in [-0.39, 0.29) is 29.4 Å². The molecule has 2 fully saturated rings. The molecule has 1 aromatic carbocycles. The van der Waals surface area contributed by atoms with E-state index >= 15 is 0 Å². The molecule has 0 spiro atoms. The van der Waals surface area contributed by atoms with Crippen LogP contribution in [0, 0.1) is 17.0 Å². The normalized spacial score (nSPS) is 22.6. The summed E-state index contributed by atoms with van der Waals surface area (Å²) in [4.78, 5) is 23.0. The third-order valence-electron chi connectivity index (χ3n) is 8.41. The highest BCUT2D eigenvalue weighted by Gasteiger charge is 2.52. The molecule has 3 unspecified atom stereocenters. The van der Waals surface area contributed by atoms with Gasteiger partial charge in [0.15, 0.2) is 10.8 Å². The van der Waals surface area contributed by atoms with Crippen molar-refractivity contribution in [2.75, 3.05) is 0 Å². The van der Waals surface area contributed by atoms with E-state index in [0.29, 0.717) is 30.7 Å². The lowest BCUT2D eigenvalue weighted by Crippen LogP contribution is -2.50. The molecule has 11 heteroatoms. The molecule has 0 radical (unpaired) electrons. The Bertz CT molecular complexity index is 1710. The van der Waals surface area contributed by atoms with Crippen molar-refractivity contribution in [2.45, 2.75) is 55.6 Å². The number of nitrogens with zero attached hydrogens (tertiary/aromatic N) is 6. The van der Waals surface area contributed by atoms with E-state index in [0.717, 1.165) is 35.4 Å². The summed E-state index contributed by atoms with van der Waals surface area (Å²) in [7, 11) is 0.368. The summed E-state index contributed by atoms with van der Waals surface area (Å²) in [6, 6.07) is 8.56. The number of allylic oxidation sites excluding steroid dienone is 1. The molecule has 0 bridgehead atoms. The van der Waals surface area contributed by atoms with Crippen LogP contribution in [0.3, 0.4) is 0 Å². The molecule has 0 aliphatic heterocycles. The van der Waals surface area contributed by atoms with Crippen LogP contribution in [-0.4, -0.2) is 50.7 Å². The molecule has 3 atom stereocenters. The third-order valence-corrected chi connectivity index (χ3v) is 9.96. The zero-order valence-electron chi connectivity index (χ0n) is 22.4. The molecule has 2 saturated carbocycles. The van der Waals surface area contributed by atoms with Crippen molar-refractivity contribution < 1.29 is 17.8 Å². The van der Waals surface area contributed by atoms with Gasteiger partial charge in [-0.2, -0.15) is 5.10 Å². The minimum Gasteiger partial charge on any atom is -0.339 e. The van der Waals surface area contributed by atoms with E-state index in [2.05, 4.69) is 15.1 Å². The first-order valence-corrected chi connectivity index (χ1v) is 14.8. The second-order valence-electron chi connectivity index (χ2n) is 11.2. The number of carbonyl (C=O) groups is 1. The Morgan fingerprint density at radius 2 is 1.88 bits per heavy atom. The number of aryl methyl sites for hydroxylation is 1. The zero-order chi connectivity index (χ0) is 28.3. The van der Waals surface area contributed by atoms with Crippen molar-refractivity contribution in [3.63, 3.8) is 0 Å². The smallest absolute Gasteiger partial charge is 0.191 e. The molecular weight excluding hydrogens is 546 g/mol. The summed E-state index contributed by atoms with van der Waals surface area (Å²) >= 11 is 0. The fourth-order valence-corrected chi connectivity index (χ4v) is 7.89. The molecule has 0 amide bonds. The first-order valence-electron chi connectivity index (χ1n) is 13.7. The van der Waals surface area contributed by atoms with Gasteiger partial charge in [-0.15, -0.1) is 0 Å². The Balaban J connectivity index is 1.30. The van der Waals surface area contributed by atoms with Crippen LogP contribution in [-0.2, 0) is 24.5 Å². The summed E-state index contributed by atoms with van der Waals surface area (Å²) in [5, 5.41) is 5.09. The average Bonchev–Trinajstić information content (AvgIpc) is 3.57. The molecular formula is C30H28F2N6O2S. The molecule has 3 aliphatic carbocycles. The van der Waals surface area contributed by atoms with Crippen LogP contribution >= 0.6 is 0 Å². The van der Waals surface area contributed by atoms with Crippen LogP contribution in [0.1, 0.15) is 53.8 Å². The molecule has 3 aliphatic rings. The van der Waals surface area contributed by atoms with Crippen molar-refractivity contribution in [1.29, 1.82) is 0 Å². The van der Waals surface area contributed by atoms with Crippen molar-refractivity contribution in [1.82, 2.24) is 28.6 Å². The quantitative estimate of drug-likeness (QED) is 0.295. The van der Waals surface area contributed by atoms with Crippen LogP contribution in [0.5, 0.6) is 0 Å². The molecule has 210 valence electrons. The van der Waals surface area contributed by atoms with Gasteiger partial charge in [0.1, 0.15) is 28.3 Å². The second kappa shape index (κ2) is 9.92. The van der Waals surface area contributed by atoms with Gasteiger partial charge >= 0.3 is 0 Å². The van der Waals surface area contributed by atoms with Gasteiger partial charge in [0, 0.05) is 37.6 Å². The molecule has 41 heavy (non-hydrogen) atoms. The van der Waals surface area contributed by atoms with Gasteiger partial charge < -0.3 is 4.57 Å². The van der Waals surface area contributed by atoms with E-state index < -0.39 is 22.2 Å². The van der Waals surface area contributed by atoms with Crippen molar-refractivity contribution >= 4 is 22.8 Å². The minimum absolute atomic E-state index is 0.0785. The van der Waals surface area contributed by atoms with Crippen LogP contribution < -0.4 is 0 Å². The van der Waals surface area contributed by atoms with Crippen LogP contribution in [0.25, 0.3) is 11.8 Å². The Hall–Kier alpha value is -3.83. The van der Waals surface area contributed by atoms with E-state index in [4.69, 9.17) is 0 Å².